The molecule has 0 saturated carbocycles. The fourth-order valence-electron chi connectivity index (χ4n) is 3.57. The fourth-order valence-corrected chi connectivity index (χ4v) is 3.81. The van der Waals surface area contributed by atoms with Gasteiger partial charge in [0.25, 0.3) is 11.8 Å². The first-order chi connectivity index (χ1) is 16.1. The second-order valence-corrected chi connectivity index (χ2v) is 7.70. The normalized spacial score (nSPS) is 10.9. The fraction of sp³-hybridized carbons (Fsp3) is 0.0417. The number of fused-ring (bicyclic) bond motifs is 2. The quantitative estimate of drug-likeness (QED) is 0.401. The van der Waals surface area contributed by atoms with Gasteiger partial charge in [-0.2, -0.15) is 0 Å². The molecule has 0 saturated heterocycles. The Morgan fingerprint density at radius 1 is 0.879 bits per heavy atom. The molecule has 2 heterocycles. The molecule has 5 rings (SSSR count). The van der Waals surface area contributed by atoms with Crippen molar-refractivity contribution < 1.29 is 9.59 Å². The monoisotopic (exact) mass is 456 g/mol. The first-order valence-electron chi connectivity index (χ1n) is 10.1. The number of amides is 2. The molecule has 8 nitrogen and oxygen atoms in total. The zero-order chi connectivity index (χ0) is 22.8. The summed E-state index contributed by atoms with van der Waals surface area (Å²) in [5.41, 5.74) is 8.61. The topological polar surface area (TPSA) is 102 Å². The number of carbonyl (C=O) groups excluding carboxylic acids is 2. The largest absolute Gasteiger partial charge is 0.271 e. The number of aromatic nitrogens is 4. The summed E-state index contributed by atoms with van der Waals surface area (Å²) < 4.78 is 1.47. The predicted octanol–water partition coefficient (Wildman–Crippen LogP) is 3.76. The summed E-state index contributed by atoms with van der Waals surface area (Å²) in [7, 11) is 0. The van der Waals surface area contributed by atoms with Gasteiger partial charge in [-0.25, -0.2) is 9.67 Å². The van der Waals surface area contributed by atoms with Crippen molar-refractivity contribution in [2.45, 2.75) is 6.54 Å². The number of nitrogens with zero attached hydrogens (tertiary/aromatic N) is 4. The molecule has 0 spiro atoms. The number of rotatable bonds is 4. The van der Waals surface area contributed by atoms with Crippen LogP contribution in [0.3, 0.4) is 0 Å². The van der Waals surface area contributed by atoms with Gasteiger partial charge in [0.1, 0.15) is 12.1 Å². The summed E-state index contributed by atoms with van der Waals surface area (Å²) in [6.45, 7) is -0.0945. The second-order valence-electron chi connectivity index (χ2n) is 7.29. The van der Waals surface area contributed by atoms with Crippen LogP contribution in [0.25, 0.3) is 33.2 Å². The minimum Gasteiger partial charge on any atom is -0.271 e. The number of hydrogen-bond acceptors (Lipinski definition) is 5. The van der Waals surface area contributed by atoms with Gasteiger partial charge in [-0.15, -0.1) is 5.10 Å². The number of benzene rings is 3. The van der Waals surface area contributed by atoms with E-state index in [1.807, 2.05) is 60.7 Å². The molecule has 0 aliphatic carbocycles. The Morgan fingerprint density at radius 3 is 2.45 bits per heavy atom. The van der Waals surface area contributed by atoms with Crippen molar-refractivity contribution in [2.75, 3.05) is 0 Å². The van der Waals surface area contributed by atoms with Crippen LogP contribution in [0.5, 0.6) is 0 Å². The van der Waals surface area contributed by atoms with Crippen molar-refractivity contribution in [3.63, 3.8) is 0 Å². The minimum atomic E-state index is -0.473. The lowest BCUT2D eigenvalue weighted by Gasteiger charge is -2.12. The zero-order valence-electron chi connectivity index (χ0n) is 17.2. The first-order valence-corrected chi connectivity index (χ1v) is 10.5. The molecule has 3 aromatic carbocycles. The van der Waals surface area contributed by atoms with Gasteiger partial charge in [0, 0.05) is 16.0 Å². The number of hydrazine groups is 1. The predicted molar refractivity (Wildman–Crippen MR) is 125 cm³/mol. The van der Waals surface area contributed by atoms with E-state index in [4.69, 9.17) is 11.6 Å². The molecule has 0 aliphatic rings. The summed E-state index contributed by atoms with van der Waals surface area (Å²) in [5.74, 6) is -0.914. The van der Waals surface area contributed by atoms with Crippen molar-refractivity contribution >= 4 is 45.4 Å². The van der Waals surface area contributed by atoms with Crippen LogP contribution < -0.4 is 10.9 Å². The zero-order valence-corrected chi connectivity index (χ0v) is 18.0. The van der Waals surface area contributed by atoms with E-state index in [-0.39, 0.29) is 6.54 Å². The van der Waals surface area contributed by atoms with Crippen LogP contribution in [0, 0.1) is 0 Å². The third-order valence-corrected chi connectivity index (χ3v) is 5.47. The minimum absolute atomic E-state index is 0.0945. The van der Waals surface area contributed by atoms with Crippen molar-refractivity contribution in [3.8, 4) is 11.3 Å². The molecule has 162 valence electrons. The molecule has 9 heteroatoms. The molecule has 0 aliphatic heterocycles. The maximum absolute atomic E-state index is 13.0. The highest BCUT2D eigenvalue weighted by Gasteiger charge is 2.16. The van der Waals surface area contributed by atoms with E-state index >= 15 is 0 Å². The molecule has 33 heavy (non-hydrogen) atoms. The van der Waals surface area contributed by atoms with Crippen LogP contribution in [0.15, 0.2) is 78.9 Å². The van der Waals surface area contributed by atoms with Crippen LogP contribution in [0.1, 0.15) is 10.4 Å². The van der Waals surface area contributed by atoms with Gasteiger partial charge in [0.15, 0.2) is 0 Å². The molecular weight excluding hydrogens is 440 g/mol. The molecule has 0 bridgehead atoms. The Labute approximate surface area is 193 Å². The summed E-state index contributed by atoms with van der Waals surface area (Å²) in [6.07, 6.45) is 0. The molecular formula is C24H17ClN6O2. The smallest absolute Gasteiger partial charge is 0.270 e. The third-order valence-electron chi connectivity index (χ3n) is 5.14. The SMILES string of the molecule is O=C(Cn1nnc2ccccc21)NNC(=O)c1cc(-c2ccccc2Cl)nc2ccccc12. The van der Waals surface area contributed by atoms with Crippen LogP contribution in [0.2, 0.25) is 5.02 Å². The molecule has 0 fully saturated rings. The first kappa shape index (κ1) is 20.6. The van der Waals surface area contributed by atoms with Crippen molar-refractivity contribution in [1.82, 2.24) is 30.8 Å². The molecule has 0 radical (unpaired) electrons. The Hall–Kier alpha value is -4.30. The number of hydrogen-bond donors (Lipinski definition) is 2. The highest BCUT2D eigenvalue weighted by molar-refractivity contribution is 6.33. The number of halogens is 1. The van der Waals surface area contributed by atoms with Crippen molar-refractivity contribution in [2.24, 2.45) is 0 Å². The van der Waals surface area contributed by atoms with Crippen LogP contribution in [-0.4, -0.2) is 31.8 Å². The average Bonchev–Trinajstić information content (AvgIpc) is 3.25. The van der Waals surface area contributed by atoms with Crippen molar-refractivity contribution in [1.29, 1.82) is 0 Å². The van der Waals surface area contributed by atoms with E-state index in [9.17, 15) is 9.59 Å². The lowest BCUT2D eigenvalue weighted by Crippen LogP contribution is -2.43. The number of carbonyl (C=O) groups is 2. The number of para-hydroxylation sites is 2. The lowest BCUT2D eigenvalue weighted by atomic mass is 10.0. The second kappa shape index (κ2) is 8.68. The Balaban J connectivity index is 1.39. The summed E-state index contributed by atoms with van der Waals surface area (Å²) >= 11 is 6.34. The van der Waals surface area contributed by atoms with Crippen LogP contribution in [-0.2, 0) is 11.3 Å². The molecule has 0 unspecified atom stereocenters. The number of pyridine rings is 1. The lowest BCUT2D eigenvalue weighted by molar-refractivity contribution is -0.122. The van der Waals surface area contributed by atoms with E-state index < -0.39 is 11.8 Å². The highest BCUT2D eigenvalue weighted by Crippen LogP contribution is 2.29. The van der Waals surface area contributed by atoms with Crippen LogP contribution >= 0.6 is 11.6 Å². The maximum Gasteiger partial charge on any atom is 0.270 e. The van der Waals surface area contributed by atoms with Gasteiger partial charge in [0.2, 0.25) is 0 Å². The van der Waals surface area contributed by atoms with E-state index in [2.05, 4.69) is 26.1 Å². The maximum atomic E-state index is 13.0. The molecule has 2 amide bonds. The summed E-state index contributed by atoms with van der Waals surface area (Å²) in [6, 6.07) is 23.6. The molecule has 0 atom stereocenters. The summed E-state index contributed by atoms with van der Waals surface area (Å²) in [4.78, 5) is 30.1. The van der Waals surface area contributed by atoms with Gasteiger partial charge in [-0.05, 0) is 30.3 Å². The standard InChI is InChI=1S/C24H17ClN6O2/c25-18-9-3-1-8-16(18)21-13-17(15-7-2-4-10-19(15)26-21)24(33)29-28-23(32)14-31-22-12-6-5-11-20(22)27-30-31/h1-13H,14H2,(H,28,32)(H,29,33). The summed E-state index contributed by atoms with van der Waals surface area (Å²) in [5, 5.41) is 9.19. The van der Waals surface area contributed by atoms with Gasteiger partial charge in [-0.1, -0.05) is 65.3 Å². The Morgan fingerprint density at radius 2 is 1.61 bits per heavy atom. The molecule has 2 N–H and O–H groups in total. The third kappa shape index (κ3) is 4.11. The highest BCUT2D eigenvalue weighted by atomic mass is 35.5. The van der Waals surface area contributed by atoms with Crippen molar-refractivity contribution in [3.05, 3.63) is 89.4 Å². The molecule has 5 aromatic rings. The van der Waals surface area contributed by atoms with E-state index in [1.165, 1.54) is 4.68 Å². The van der Waals surface area contributed by atoms with E-state index in [0.29, 0.717) is 38.3 Å². The Kier molecular flexibility index (Phi) is 5.42. The van der Waals surface area contributed by atoms with Gasteiger partial charge < -0.3 is 0 Å². The Bertz CT molecular complexity index is 1510. The van der Waals surface area contributed by atoms with Gasteiger partial charge >= 0.3 is 0 Å². The van der Waals surface area contributed by atoms with Gasteiger partial charge in [0.05, 0.1) is 22.3 Å². The van der Waals surface area contributed by atoms with E-state index in [0.717, 1.165) is 5.52 Å². The number of nitrogens with one attached hydrogen (secondary N) is 2. The average molecular weight is 457 g/mol. The van der Waals surface area contributed by atoms with E-state index in [1.54, 1.807) is 18.2 Å². The molecule has 2 aromatic heterocycles. The van der Waals surface area contributed by atoms with Gasteiger partial charge in [-0.3, -0.25) is 20.4 Å². The van der Waals surface area contributed by atoms with Crippen LogP contribution in [0.4, 0.5) is 0 Å².